The molecule has 0 bridgehead atoms. The van der Waals surface area contributed by atoms with E-state index in [-0.39, 0.29) is 5.03 Å². The van der Waals surface area contributed by atoms with E-state index in [0.29, 0.717) is 31.4 Å². The standard InChI is InChI=1S/C9H14BrN3O3S/c10-7-9(2-5-16-6-3-9)13-17(14,15)8-1-4-11-12-8/h1,4,13H,2-3,5-7H2,(H,11,12). The molecule has 0 unspecified atom stereocenters. The van der Waals surface area contributed by atoms with Gasteiger partial charge in [-0.05, 0) is 18.9 Å². The molecule has 0 saturated carbocycles. The van der Waals surface area contributed by atoms with Crippen molar-refractivity contribution >= 4 is 26.0 Å². The lowest BCUT2D eigenvalue weighted by atomic mass is 9.94. The van der Waals surface area contributed by atoms with E-state index in [1.165, 1.54) is 12.3 Å². The van der Waals surface area contributed by atoms with Gasteiger partial charge < -0.3 is 4.74 Å². The van der Waals surface area contributed by atoms with Gasteiger partial charge in [-0.25, -0.2) is 13.1 Å². The molecule has 0 amide bonds. The Morgan fingerprint density at radius 3 is 2.76 bits per heavy atom. The highest BCUT2D eigenvalue weighted by molar-refractivity contribution is 9.09. The van der Waals surface area contributed by atoms with Crippen molar-refractivity contribution < 1.29 is 13.2 Å². The lowest BCUT2D eigenvalue weighted by Crippen LogP contribution is -2.53. The summed E-state index contributed by atoms with van der Waals surface area (Å²) in [5.74, 6) is 0. The molecule has 2 heterocycles. The summed E-state index contributed by atoms with van der Waals surface area (Å²) in [5, 5.41) is 6.76. The third-order valence-corrected chi connectivity index (χ3v) is 5.40. The number of aromatic nitrogens is 2. The second-order valence-electron chi connectivity index (χ2n) is 4.05. The molecule has 1 aromatic heterocycles. The van der Waals surface area contributed by atoms with E-state index in [0.717, 1.165) is 0 Å². The van der Waals surface area contributed by atoms with Crippen LogP contribution in [0.3, 0.4) is 0 Å². The first kappa shape index (κ1) is 13.0. The summed E-state index contributed by atoms with van der Waals surface area (Å²) in [5.41, 5.74) is -0.470. The van der Waals surface area contributed by atoms with Crippen molar-refractivity contribution in [2.24, 2.45) is 0 Å². The van der Waals surface area contributed by atoms with Crippen LogP contribution in [0.1, 0.15) is 12.8 Å². The van der Waals surface area contributed by atoms with E-state index in [1.807, 2.05) is 0 Å². The maximum atomic E-state index is 12.1. The number of nitrogens with one attached hydrogen (secondary N) is 2. The Hall–Kier alpha value is -0.440. The minimum absolute atomic E-state index is 0.0873. The van der Waals surface area contributed by atoms with Crippen molar-refractivity contribution in [2.75, 3.05) is 18.5 Å². The van der Waals surface area contributed by atoms with Crippen molar-refractivity contribution in [3.63, 3.8) is 0 Å². The minimum atomic E-state index is -3.54. The van der Waals surface area contributed by atoms with Gasteiger partial charge in [-0.3, -0.25) is 5.10 Å². The molecule has 2 rings (SSSR count). The number of alkyl halides is 1. The quantitative estimate of drug-likeness (QED) is 0.796. The number of rotatable bonds is 4. The predicted octanol–water partition coefficient (Wildman–Crippen LogP) is 0.632. The molecule has 1 aromatic rings. The molecule has 1 fully saturated rings. The average Bonchev–Trinajstić information content (AvgIpc) is 2.84. The maximum absolute atomic E-state index is 12.1. The van der Waals surface area contributed by atoms with E-state index in [4.69, 9.17) is 4.74 Å². The van der Waals surface area contributed by atoms with Gasteiger partial charge in [0.1, 0.15) is 0 Å². The molecule has 1 saturated heterocycles. The summed E-state index contributed by atoms with van der Waals surface area (Å²) >= 11 is 3.38. The lowest BCUT2D eigenvalue weighted by molar-refractivity contribution is 0.0557. The molecule has 0 spiro atoms. The van der Waals surface area contributed by atoms with Gasteiger partial charge in [-0.1, -0.05) is 15.9 Å². The van der Waals surface area contributed by atoms with Gasteiger partial charge in [0.05, 0.1) is 6.20 Å². The van der Waals surface area contributed by atoms with E-state index < -0.39 is 15.6 Å². The summed E-state index contributed by atoms with van der Waals surface area (Å²) < 4.78 is 32.2. The molecular formula is C9H14BrN3O3S. The zero-order chi connectivity index (χ0) is 12.4. The van der Waals surface area contributed by atoms with Crippen molar-refractivity contribution in [2.45, 2.75) is 23.4 Å². The minimum Gasteiger partial charge on any atom is -0.381 e. The molecule has 17 heavy (non-hydrogen) atoms. The van der Waals surface area contributed by atoms with Gasteiger partial charge in [0, 0.05) is 24.1 Å². The third-order valence-electron chi connectivity index (χ3n) is 2.82. The van der Waals surface area contributed by atoms with Crippen LogP contribution in [0, 0.1) is 0 Å². The van der Waals surface area contributed by atoms with Crippen LogP contribution in [0.25, 0.3) is 0 Å². The molecule has 8 heteroatoms. The fraction of sp³-hybridized carbons (Fsp3) is 0.667. The van der Waals surface area contributed by atoms with Crippen LogP contribution in [0.4, 0.5) is 0 Å². The first-order valence-electron chi connectivity index (χ1n) is 5.25. The predicted molar refractivity (Wildman–Crippen MR) is 65.5 cm³/mol. The Morgan fingerprint density at radius 2 is 2.24 bits per heavy atom. The normalized spacial score (nSPS) is 20.3. The van der Waals surface area contributed by atoms with Gasteiger partial charge >= 0.3 is 0 Å². The van der Waals surface area contributed by atoms with E-state index in [9.17, 15) is 8.42 Å². The fourth-order valence-corrected chi connectivity index (χ4v) is 4.01. The van der Waals surface area contributed by atoms with Crippen LogP contribution in [0.15, 0.2) is 17.3 Å². The van der Waals surface area contributed by atoms with Crippen molar-refractivity contribution in [1.29, 1.82) is 0 Å². The van der Waals surface area contributed by atoms with E-state index in [1.54, 1.807) is 0 Å². The number of hydrogen-bond acceptors (Lipinski definition) is 4. The second kappa shape index (κ2) is 5.05. The highest BCUT2D eigenvalue weighted by Gasteiger charge is 2.36. The van der Waals surface area contributed by atoms with Crippen molar-refractivity contribution in [1.82, 2.24) is 14.9 Å². The summed E-state index contributed by atoms with van der Waals surface area (Å²) in [4.78, 5) is 0. The number of sulfonamides is 1. The molecule has 0 aliphatic carbocycles. The smallest absolute Gasteiger partial charge is 0.258 e. The molecule has 0 radical (unpaired) electrons. The summed E-state index contributed by atoms with van der Waals surface area (Å²) in [7, 11) is -3.54. The maximum Gasteiger partial charge on any atom is 0.258 e. The Balaban J connectivity index is 2.19. The van der Waals surface area contributed by atoms with E-state index in [2.05, 4.69) is 30.8 Å². The highest BCUT2D eigenvalue weighted by Crippen LogP contribution is 2.25. The SMILES string of the molecule is O=S(=O)(NC1(CBr)CCOCC1)c1ccn[nH]1. The topological polar surface area (TPSA) is 84.1 Å². The molecular weight excluding hydrogens is 310 g/mol. The zero-order valence-electron chi connectivity index (χ0n) is 9.15. The number of halogens is 1. The van der Waals surface area contributed by atoms with Crippen LogP contribution in [0.5, 0.6) is 0 Å². The van der Waals surface area contributed by atoms with E-state index >= 15 is 0 Å². The van der Waals surface area contributed by atoms with Crippen LogP contribution in [0.2, 0.25) is 0 Å². The summed E-state index contributed by atoms with van der Waals surface area (Å²) in [6, 6.07) is 1.43. The van der Waals surface area contributed by atoms with Crippen molar-refractivity contribution in [3.05, 3.63) is 12.3 Å². The summed E-state index contributed by atoms with van der Waals surface area (Å²) in [6.45, 7) is 1.13. The zero-order valence-corrected chi connectivity index (χ0v) is 11.6. The Labute approximate surface area is 108 Å². The second-order valence-corrected chi connectivity index (χ2v) is 6.26. The highest BCUT2D eigenvalue weighted by atomic mass is 79.9. The van der Waals surface area contributed by atoms with Gasteiger partial charge in [0.15, 0.2) is 5.03 Å². The van der Waals surface area contributed by atoms with Gasteiger partial charge in [0.2, 0.25) is 0 Å². The lowest BCUT2D eigenvalue weighted by Gasteiger charge is -2.35. The molecule has 2 N–H and O–H groups in total. The molecule has 0 aromatic carbocycles. The first-order valence-corrected chi connectivity index (χ1v) is 7.86. The average molecular weight is 324 g/mol. The molecule has 0 atom stereocenters. The molecule has 1 aliphatic heterocycles. The number of nitrogens with zero attached hydrogens (tertiary/aromatic N) is 1. The monoisotopic (exact) mass is 323 g/mol. The number of ether oxygens (including phenoxy) is 1. The fourth-order valence-electron chi connectivity index (χ4n) is 1.76. The number of hydrogen-bond donors (Lipinski definition) is 2. The Kier molecular flexibility index (Phi) is 3.86. The number of H-pyrrole nitrogens is 1. The van der Waals surface area contributed by atoms with Gasteiger partial charge in [-0.15, -0.1) is 0 Å². The van der Waals surface area contributed by atoms with Crippen LogP contribution >= 0.6 is 15.9 Å². The summed E-state index contributed by atoms with van der Waals surface area (Å²) in [6.07, 6.45) is 2.73. The van der Waals surface area contributed by atoms with Crippen LogP contribution in [-0.4, -0.2) is 42.7 Å². The third kappa shape index (κ3) is 2.87. The van der Waals surface area contributed by atoms with Crippen LogP contribution < -0.4 is 4.72 Å². The van der Waals surface area contributed by atoms with Crippen LogP contribution in [-0.2, 0) is 14.8 Å². The largest absolute Gasteiger partial charge is 0.381 e. The first-order chi connectivity index (χ1) is 8.08. The number of aromatic amines is 1. The van der Waals surface area contributed by atoms with Crippen molar-refractivity contribution in [3.8, 4) is 0 Å². The Bertz CT molecular complexity index is 454. The van der Waals surface area contributed by atoms with Gasteiger partial charge in [-0.2, -0.15) is 5.10 Å². The van der Waals surface area contributed by atoms with Gasteiger partial charge in [0.25, 0.3) is 10.0 Å². The molecule has 6 nitrogen and oxygen atoms in total. The Morgan fingerprint density at radius 1 is 1.53 bits per heavy atom. The molecule has 96 valence electrons. The molecule has 1 aliphatic rings.